The van der Waals surface area contributed by atoms with Crippen LogP contribution in [0.3, 0.4) is 0 Å². The maximum absolute atomic E-state index is 12.6. The first-order chi connectivity index (χ1) is 7.66. The van der Waals surface area contributed by atoms with Crippen molar-refractivity contribution >= 4 is 15.8 Å². The molecule has 0 bridgehead atoms. The largest absolute Gasteiger partial charge is 0.503 e. The van der Waals surface area contributed by atoms with Crippen molar-refractivity contribution in [3.8, 4) is 5.75 Å². The Hall–Kier alpha value is -1.88. The Bertz CT molecular complexity index is 573. The maximum atomic E-state index is 12.6. The number of pyridine rings is 1. The third-order valence-electron chi connectivity index (χ3n) is 1.70. The van der Waals surface area contributed by atoms with Crippen molar-refractivity contribution in [2.24, 2.45) is 5.14 Å². The van der Waals surface area contributed by atoms with E-state index in [9.17, 15) is 27.3 Å². The highest BCUT2D eigenvalue weighted by atomic mass is 32.2. The average Bonchev–Trinajstić information content (AvgIpc) is 2.14. The predicted molar refractivity (Wildman–Crippen MR) is 48.9 cm³/mol. The summed E-state index contributed by atoms with van der Waals surface area (Å²) >= 11 is 0. The van der Waals surface area contributed by atoms with Crippen LogP contribution in [0, 0.1) is 10.1 Å². The van der Waals surface area contributed by atoms with E-state index in [4.69, 9.17) is 5.11 Å². The van der Waals surface area contributed by atoms with E-state index in [0.29, 0.717) is 6.20 Å². The fourth-order valence-corrected chi connectivity index (χ4v) is 1.96. The van der Waals surface area contributed by atoms with Gasteiger partial charge in [-0.3, -0.25) is 0 Å². The highest BCUT2D eigenvalue weighted by Crippen LogP contribution is 2.37. The third-order valence-corrected chi connectivity index (χ3v) is 2.70. The van der Waals surface area contributed by atoms with Crippen molar-refractivity contribution in [3.63, 3.8) is 0 Å². The second kappa shape index (κ2) is 4.18. The molecule has 0 aliphatic heterocycles. The van der Waals surface area contributed by atoms with Gasteiger partial charge in [-0.1, -0.05) is 0 Å². The van der Waals surface area contributed by atoms with Crippen LogP contribution in [0.2, 0.25) is 0 Å². The number of alkyl halides is 2. The van der Waals surface area contributed by atoms with E-state index in [2.05, 4.69) is 10.1 Å². The van der Waals surface area contributed by atoms with Gasteiger partial charge in [-0.2, -0.15) is 0 Å². The number of rotatable bonds is 3. The molecule has 1 aromatic rings. The minimum atomic E-state index is -4.74. The molecule has 0 radical (unpaired) electrons. The molecule has 0 saturated carbocycles. The molecule has 8 nitrogen and oxygen atoms in total. The first-order valence-electron chi connectivity index (χ1n) is 3.83. The monoisotopic (exact) mass is 269 g/mol. The van der Waals surface area contributed by atoms with Crippen molar-refractivity contribution in [3.05, 3.63) is 21.9 Å². The first kappa shape index (κ1) is 13.2. The van der Waals surface area contributed by atoms with Crippen LogP contribution in [-0.4, -0.2) is 23.4 Å². The number of aromatic nitrogens is 1. The fraction of sp³-hybridized carbons (Fsp3) is 0.167. The minimum absolute atomic E-state index is 0.365. The van der Waals surface area contributed by atoms with E-state index in [1.807, 2.05) is 0 Å². The number of nitrogens with zero attached hydrogens (tertiary/aromatic N) is 2. The Morgan fingerprint density at radius 1 is 1.53 bits per heavy atom. The number of nitrogens with two attached hydrogens (primary N) is 1. The van der Waals surface area contributed by atoms with E-state index in [1.54, 1.807) is 0 Å². The summed E-state index contributed by atoms with van der Waals surface area (Å²) in [4.78, 5) is 10.6. The number of hydrogen-bond donors (Lipinski definition) is 2. The van der Waals surface area contributed by atoms with Gasteiger partial charge >= 0.3 is 5.82 Å². The molecule has 0 spiro atoms. The van der Waals surface area contributed by atoms with Crippen molar-refractivity contribution in [1.29, 1.82) is 0 Å². The van der Waals surface area contributed by atoms with Crippen LogP contribution in [-0.2, 0) is 10.0 Å². The van der Waals surface area contributed by atoms with Gasteiger partial charge < -0.3 is 15.2 Å². The lowest BCUT2D eigenvalue weighted by atomic mass is 10.2. The van der Waals surface area contributed by atoms with Crippen LogP contribution in [0.5, 0.6) is 5.75 Å². The first-order valence-corrected chi connectivity index (χ1v) is 5.38. The predicted octanol–water partition coefficient (Wildman–Crippen LogP) is 0.280. The molecular formula is C6H5F2N3O5S. The Labute approximate surface area is 92.9 Å². The van der Waals surface area contributed by atoms with Crippen LogP contribution in [0.4, 0.5) is 14.6 Å². The van der Waals surface area contributed by atoms with Gasteiger partial charge in [0.15, 0.2) is 11.9 Å². The average molecular weight is 269 g/mol. The Kier molecular flexibility index (Phi) is 3.24. The lowest BCUT2D eigenvalue weighted by Crippen LogP contribution is -2.16. The number of sulfonamides is 1. The molecule has 3 N–H and O–H groups in total. The molecule has 0 fully saturated rings. The Morgan fingerprint density at radius 2 is 2.06 bits per heavy atom. The second-order valence-electron chi connectivity index (χ2n) is 2.81. The van der Waals surface area contributed by atoms with E-state index in [1.165, 1.54) is 0 Å². The number of nitro groups is 1. The summed E-state index contributed by atoms with van der Waals surface area (Å²) < 4.78 is 47.1. The minimum Gasteiger partial charge on any atom is -0.503 e. The molecular weight excluding hydrogens is 264 g/mol. The number of primary sulfonamides is 1. The quantitative estimate of drug-likeness (QED) is 0.597. The summed E-state index contributed by atoms with van der Waals surface area (Å²) in [5.41, 5.74) is -1.53. The zero-order valence-corrected chi connectivity index (χ0v) is 8.69. The van der Waals surface area contributed by atoms with Gasteiger partial charge in [0, 0.05) is 0 Å². The molecule has 0 aliphatic rings. The van der Waals surface area contributed by atoms with Crippen LogP contribution in [0.25, 0.3) is 0 Å². The molecule has 0 unspecified atom stereocenters. The number of halogens is 2. The standard InChI is InChI=1S/C6H5F2N3O5S/c7-5(8)3-4(17(9,15)16)2(12)1-10-6(3)11(13)14/h1,5,12H,(H2,9,15,16). The van der Waals surface area contributed by atoms with Gasteiger partial charge in [-0.15, -0.1) is 0 Å². The highest BCUT2D eigenvalue weighted by Gasteiger charge is 2.34. The topological polar surface area (TPSA) is 136 Å². The fourth-order valence-electron chi connectivity index (χ4n) is 1.13. The van der Waals surface area contributed by atoms with E-state index in [-0.39, 0.29) is 0 Å². The normalized spacial score (nSPS) is 11.8. The summed E-state index contributed by atoms with van der Waals surface area (Å²) in [6.45, 7) is 0. The molecule has 17 heavy (non-hydrogen) atoms. The summed E-state index contributed by atoms with van der Waals surface area (Å²) in [6, 6.07) is 0. The van der Waals surface area contributed by atoms with Crippen LogP contribution < -0.4 is 5.14 Å². The summed E-state index contributed by atoms with van der Waals surface area (Å²) in [5.74, 6) is -2.55. The molecule has 0 saturated heterocycles. The van der Waals surface area contributed by atoms with Crippen molar-refractivity contribution < 1.29 is 27.2 Å². The molecule has 0 aromatic carbocycles. The van der Waals surface area contributed by atoms with Crippen LogP contribution in [0.15, 0.2) is 11.1 Å². The summed E-state index contributed by atoms with van der Waals surface area (Å²) in [6.07, 6.45) is -3.16. The molecule has 0 aliphatic carbocycles. The van der Waals surface area contributed by atoms with Crippen molar-refractivity contribution in [1.82, 2.24) is 4.98 Å². The molecule has 0 amide bonds. The molecule has 1 heterocycles. The SMILES string of the molecule is NS(=O)(=O)c1c(O)cnc([N+](=O)[O-])c1C(F)F. The summed E-state index contributed by atoms with van der Waals surface area (Å²) in [5, 5.41) is 24.1. The zero-order chi connectivity index (χ0) is 13.4. The van der Waals surface area contributed by atoms with Gasteiger partial charge in [0.05, 0.1) is 0 Å². The van der Waals surface area contributed by atoms with Crippen LogP contribution in [0.1, 0.15) is 12.0 Å². The van der Waals surface area contributed by atoms with Crippen molar-refractivity contribution in [2.75, 3.05) is 0 Å². The van der Waals surface area contributed by atoms with E-state index >= 15 is 0 Å². The molecule has 1 rings (SSSR count). The number of aromatic hydroxyl groups is 1. The van der Waals surface area contributed by atoms with Gasteiger partial charge in [0.25, 0.3) is 6.43 Å². The molecule has 94 valence electrons. The second-order valence-corrected chi connectivity index (χ2v) is 4.31. The van der Waals surface area contributed by atoms with Crippen LogP contribution >= 0.6 is 0 Å². The smallest absolute Gasteiger partial charge is 0.374 e. The van der Waals surface area contributed by atoms with E-state index in [0.717, 1.165) is 0 Å². The van der Waals surface area contributed by atoms with Crippen molar-refractivity contribution in [2.45, 2.75) is 11.3 Å². The summed E-state index contributed by atoms with van der Waals surface area (Å²) in [7, 11) is -4.74. The van der Waals surface area contributed by atoms with Gasteiger partial charge in [-0.05, 0) is 9.91 Å². The number of hydrogen-bond acceptors (Lipinski definition) is 6. The lowest BCUT2D eigenvalue weighted by molar-refractivity contribution is -0.391. The molecule has 1 aromatic heterocycles. The van der Waals surface area contributed by atoms with Gasteiger partial charge in [0.1, 0.15) is 10.5 Å². The van der Waals surface area contributed by atoms with Gasteiger partial charge in [-0.25, -0.2) is 22.3 Å². The maximum Gasteiger partial charge on any atom is 0.374 e. The molecule has 0 atom stereocenters. The lowest BCUT2D eigenvalue weighted by Gasteiger charge is -2.07. The zero-order valence-electron chi connectivity index (χ0n) is 7.87. The van der Waals surface area contributed by atoms with E-state index < -0.39 is 43.4 Å². The highest BCUT2D eigenvalue weighted by molar-refractivity contribution is 7.89. The molecule has 11 heteroatoms. The third kappa shape index (κ3) is 2.45. The van der Waals surface area contributed by atoms with Gasteiger partial charge in [0.2, 0.25) is 10.0 Å². The Morgan fingerprint density at radius 3 is 2.41 bits per heavy atom. The Balaban J connectivity index is 3.80.